The number of esters is 1. The molecule has 20 heavy (non-hydrogen) atoms. The van der Waals surface area contributed by atoms with Crippen LogP contribution in [0.2, 0.25) is 0 Å². The average molecular weight is 299 g/mol. The van der Waals surface area contributed by atoms with Gasteiger partial charge in [0.2, 0.25) is 0 Å². The topological polar surface area (TPSA) is 66.8 Å². The zero-order valence-corrected chi connectivity index (χ0v) is 12.7. The molecule has 0 bridgehead atoms. The maximum atomic E-state index is 12.4. The summed E-state index contributed by atoms with van der Waals surface area (Å²) in [6, 6.07) is 3.27. The Labute approximate surface area is 123 Å². The zero-order valence-electron chi connectivity index (χ0n) is 11.9. The van der Waals surface area contributed by atoms with Gasteiger partial charge >= 0.3 is 5.97 Å². The van der Waals surface area contributed by atoms with Crippen molar-refractivity contribution >= 4 is 23.2 Å². The number of aliphatic hydroxyl groups excluding tert-OH is 1. The molecular weight excluding hydrogens is 278 g/mol. The third-order valence-electron chi connectivity index (χ3n) is 2.98. The molecule has 0 fully saturated rings. The molecule has 0 aliphatic heterocycles. The van der Waals surface area contributed by atoms with Gasteiger partial charge in [0.25, 0.3) is 5.91 Å². The fourth-order valence-electron chi connectivity index (χ4n) is 1.88. The lowest BCUT2D eigenvalue weighted by atomic mass is 10.2. The van der Waals surface area contributed by atoms with Crippen molar-refractivity contribution in [3.63, 3.8) is 0 Å². The van der Waals surface area contributed by atoms with Gasteiger partial charge in [-0.3, -0.25) is 9.59 Å². The fourth-order valence-corrected chi connectivity index (χ4v) is 2.56. The summed E-state index contributed by atoms with van der Waals surface area (Å²) in [5.74, 6) is -0.477. The second kappa shape index (κ2) is 8.71. The third kappa shape index (κ3) is 4.61. The number of carbonyl (C=O) groups is 2. The summed E-state index contributed by atoms with van der Waals surface area (Å²) in [6.07, 6.45) is 0.776. The van der Waals surface area contributed by atoms with E-state index in [0.717, 1.165) is 0 Å². The predicted octanol–water partition coefficient (Wildman–Crippen LogP) is 1.91. The highest BCUT2D eigenvalue weighted by Gasteiger charge is 2.24. The summed E-state index contributed by atoms with van der Waals surface area (Å²) in [6.45, 7) is 4.12. The first kappa shape index (κ1) is 16.7. The van der Waals surface area contributed by atoms with Crippen molar-refractivity contribution in [3.8, 4) is 0 Å². The van der Waals surface area contributed by atoms with Crippen LogP contribution in [0.5, 0.6) is 0 Å². The number of thiophene rings is 1. The van der Waals surface area contributed by atoms with Gasteiger partial charge in [0.05, 0.1) is 30.6 Å². The van der Waals surface area contributed by atoms with Gasteiger partial charge in [0.15, 0.2) is 0 Å². The Bertz CT molecular complexity index is 415. The third-order valence-corrected chi connectivity index (χ3v) is 3.84. The van der Waals surface area contributed by atoms with Gasteiger partial charge in [0, 0.05) is 6.54 Å². The summed E-state index contributed by atoms with van der Waals surface area (Å²) < 4.78 is 4.87. The summed E-state index contributed by atoms with van der Waals surface area (Å²) >= 11 is 1.35. The molecule has 1 aromatic heterocycles. The lowest BCUT2D eigenvalue weighted by molar-refractivity contribution is -0.143. The molecule has 0 saturated heterocycles. The van der Waals surface area contributed by atoms with Crippen LogP contribution in [0.25, 0.3) is 0 Å². The van der Waals surface area contributed by atoms with E-state index >= 15 is 0 Å². The molecule has 1 heterocycles. The quantitative estimate of drug-likeness (QED) is 0.745. The van der Waals surface area contributed by atoms with Gasteiger partial charge < -0.3 is 14.7 Å². The molecule has 0 aromatic carbocycles. The van der Waals surface area contributed by atoms with E-state index in [1.54, 1.807) is 24.0 Å². The number of amides is 1. The van der Waals surface area contributed by atoms with Crippen molar-refractivity contribution < 1.29 is 19.4 Å². The van der Waals surface area contributed by atoms with E-state index in [-0.39, 0.29) is 37.5 Å². The van der Waals surface area contributed by atoms with Crippen LogP contribution < -0.4 is 0 Å². The predicted molar refractivity (Wildman–Crippen MR) is 77.8 cm³/mol. The molecule has 0 aliphatic rings. The van der Waals surface area contributed by atoms with Crippen LogP contribution in [0, 0.1) is 0 Å². The summed E-state index contributed by atoms with van der Waals surface area (Å²) in [7, 11) is 0. The van der Waals surface area contributed by atoms with Gasteiger partial charge in [-0.2, -0.15) is 0 Å². The van der Waals surface area contributed by atoms with Crippen LogP contribution in [0.15, 0.2) is 17.5 Å². The molecule has 0 saturated carbocycles. The molecule has 5 nitrogen and oxygen atoms in total. The number of hydrogen-bond acceptors (Lipinski definition) is 5. The Balaban J connectivity index is 2.75. The number of aliphatic hydroxyl groups is 1. The molecule has 1 unspecified atom stereocenters. The first-order valence-corrected chi connectivity index (χ1v) is 7.62. The Morgan fingerprint density at radius 3 is 2.70 bits per heavy atom. The van der Waals surface area contributed by atoms with Crippen molar-refractivity contribution in [2.24, 2.45) is 0 Å². The highest BCUT2D eigenvalue weighted by atomic mass is 32.1. The van der Waals surface area contributed by atoms with Gasteiger partial charge in [-0.05, 0) is 24.8 Å². The summed E-state index contributed by atoms with van der Waals surface area (Å²) in [4.78, 5) is 26.0. The number of ether oxygens (including phenoxy) is 1. The molecule has 1 rings (SSSR count). The molecule has 1 amide bonds. The van der Waals surface area contributed by atoms with Crippen molar-refractivity contribution in [3.05, 3.63) is 22.4 Å². The van der Waals surface area contributed by atoms with E-state index < -0.39 is 0 Å². The molecule has 0 aliphatic carbocycles. The molecule has 0 radical (unpaired) electrons. The molecule has 6 heteroatoms. The number of nitrogens with zero attached hydrogens (tertiary/aromatic N) is 1. The minimum Gasteiger partial charge on any atom is -0.466 e. The number of hydrogen-bond donors (Lipinski definition) is 1. The minimum atomic E-state index is -0.329. The SMILES string of the molecule is CCOC(=O)CCN(C(=O)c1cccs1)C(CC)CO. The van der Waals surface area contributed by atoms with Gasteiger partial charge in [-0.25, -0.2) is 0 Å². The zero-order chi connectivity index (χ0) is 15.0. The van der Waals surface area contributed by atoms with Crippen LogP contribution in [0.3, 0.4) is 0 Å². The largest absolute Gasteiger partial charge is 0.466 e. The lowest BCUT2D eigenvalue weighted by Crippen LogP contribution is -2.43. The van der Waals surface area contributed by atoms with Crippen LogP contribution in [-0.2, 0) is 9.53 Å². The number of rotatable bonds is 8. The average Bonchev–Trinajstić information content (AvgIpc) is 2.97. The maximum Gasteiger partial charge on any atom is 0.307 e. The standard InChI is InChI=1S/C14H21NO4S/c1-3-11(10-16)15(8-7-13(17)19-4-2)14(18)12-6-5-9-20-12/h5-6,9,11,16H,3-4,7-8,10H2,1-2H3. The van der Waals surface area contributed by atoms with E-state index in [2.05, 4.69) is 0 Å². The molecule has 1 aromatic rings. The Hall–Kier alpha value is -1.40. The Morgan fingerprint density at radius 1 is 1.45 bits per heavy atom. The fraction of sp³-hybridized carbons (Fsp3) is 0.571. The van der Waals surface area contributed by atoms with Crippen molar-refractivity contribution in [1.82, 2.24) is 4.90 Å². The summed E-state index contributed by atoms with van der Waals surface area (Å²) in [5, 5.41) is 11.2. The van der Waals surface area contributed by atoms with Crippen LogP contribution in [-0.4, -0.2) is 47.7 Å². The smallest absolute Gasteiger partial charge is 0.307 e. The molecule has 112 valence electrons. The normalized spacial score (nSPS) is 11.9. The Kier molecular flexibility index (Phi) is 7.25. The monoisotopic (exact) mass is 299 g/mol. The molecule has 0 spiro atoms. The van der Waals surface area contributed by atoms with E-state index in [1.807, 2.05) is 12.3 Å². The molecule has 1 N–H and O–H groups in total. The van der Waals surface area contributed by atoms with Crippen molar-refractivity contribution in [2.75, 3.05) is 19.8 Å². The van der Waals surface area contributed by atoms with E-state index in [9.17, 15) is 14.7 Å². The minimum absolute atomic E-state index is 0.115. The van der Waals surface area contributed by atoms with Crippen molar-refractivity contribution in [2.45, 2.75) is 32.7 Å². The highest BCUT2D eigenvalue weighted by molar-refractivity contribution is 7.12. The van der Waals surface area contributed by atoms with E-state index in [1.165, 1.54) is 11.3 Å². The first-order chi connectivity index (χ1) is 9.63. The second-order valence-corrected chi connectivity index (χ2v) is 5.22. The van der Waals surface area contributed by atoms with E-state index in [0.29, 0.717) is 17.9 Å². The Morgan fingerprint density at radius 2 is 2.20 bits per heavy atom. The van der Waals surface area contributed by atoms with Gasteiger partial charge in [0.1, 0.15) is 0 Å². The maximum absolute atomic E-state index is 12.4. The highest BCUT2D eigenvalue weighted by Crippen LogP contribution is 2.16. The second-order valence-electron chi connectivity index (χ2n) is 4.28. The molecule has 1 atom stereocenters. The van der Waals surface area contributed by atoms with Crippen LogP contribution >= 0.6 is 11.3 Å². The first-order valence-electron chi connectivity index (χ1n) is 6.74. The van der Waals surface area contributed by atoms with Gasteiger partial charge in [-0.1, -0.05) is 13.0 Å². The number of carbonyl (C=O) groups excluding carboxylic acids is 2. The lowest BCUT2D eigenvalue weighted by Gasteiger charge is -2.29. The molecular formula is C14H21NO4S. The van der Waals surface area contributed by atoms with Crippen molar-refractivity contribution in [1.29, 1.82) is 0 Å². The van der Waals surface area contributed by atoms with Crippen LogP contribution in [0.1, 0.15) is 36.4 Å². The van der Waals surface area contributed by atoms with E-state index in [4.69, 9.17) is 4.74 Å². The van der Waals surface area contributed by atoms with Gasteiger partial charge in [-0.15, -0.1) is 11.3 Å². The van der Waals surface area contributed by atoms with Crippen LogP contribution in [0.4, 0.5) is 0 Å². The summed E-state index contributed by atoms with van der Waals surface area (Å²) in [5.41, 5.74) is 0.